The molecule has 0 radical (unpaired) electrons. The van der Waals surface area contributed by atoms with Crippen molar-refractivity contribution < 1.29 is 26.4 Å². The van der Waals surface area contributed by atoms with Crippen molar-refractivity contribution in [2.45, 2.75) is 6.92 Å². The van der Waals surface area contributed by atoms with E-state index in [1.54, 1.807) is 0 Å². The SMILES string of the molecule is CC(=O)O.[Ni+2]. The van der Waals surface area contributed by atoms with Crippen LogP contribution in [-0.4, -0.2) is 11.1 Å². The van der Waals surface area contributed by atoms with Gasteiger partial charge in [-0.2, -0.15) is 0 Å². The molecule has 0 saturated heterocycles. The molecule has 1 N–H and O–H groups in total. The van der Waals surface area contributed by atoms with Crippen molar-refractivity contribution in [2.24, 2.45) is 0 Å². The number of hydrogen-bond acceptors (Lipinski definition) is 1. The van der Waals surface area contributed by atoms with E-state index in [2.05, 4.69) is 0 Å². The van der Waals surface area contributed by atoms with Gasteiger partial charge in [-0.15, -0.1) is 0 Å². The van der Waals surface area contributed by atoms with E-state index in [1.165, 1.54) is 0 Å². The van der Waals surface area contributed by atoms with Gasteiger partial charge in [-0.25, -0.2) is 0 Å². The second kappa shape index (κ2) is 3.96. The van der Waals surface area contributed by atoms with E-state index in [1.807, 2.05) is 0 Å². The van der Waals surface area contributed by atoms with Crippen molar-refractivity contribution in [2.75, 3.05) is 0 Å². The summed E-state index contributed by atoms with van der Waals surface area (Å²) in [6, 6.07) is 0. The Morgan fingerprint density at radius 2 is 1.80 bits per heavy atom. The summed E-state index contributed by atoms with van der Waals surface area (Å²) >= 11 is 0. The summed E-state index contributed by atoms with van der Waals surface area (Å²) in [5.74, 6) is -0.833. The van der Waals surface area contributed by atoms with Crippen LogP contribution >= 0.6 is 0 Å². The van der Waals surface area contributed by atoms with Crippen molar-refractivity contribution in [1.29, 1.82) is 0 Å². The Balaban J connectivity index is 0. The van der Waals surface area contributed by atoms with Gasteiger partial charge in [-0.3, -0.25) is 4.79 Å². The second-order valence-electron chi connectivity index (χ2n) is 0.519. The summed E-state index contributed by atoms with van der Waals surface area (Å²) < 4.78 is 0. The van der Waals surface area contributed by atoms with Crippen molar-refractivity contribution in [3.05, 3.63) is 0 Å². The first-order valence-corrected chi connectivity index (χ1v) is 0.928. The van der Waals surface area contributed by atoms with Crippen LogP contribution in [0.4, 0.5) is 0 Å². The minimum atomic E-state index is -0.833. The number of carboxylic acids is 1. The van der Waals surface area contributed by atoms with Gasteiger partial charge in [0.25, 0.3) is 5.97 Å². The average molecular weight is 119 g/mol. The van der Waals surface area contributed by atoms with E-state index in [0.717, 1.165) is 6.92 Å². The van der Waals surface area contributed by atoms with Crippen molar-refractivity contribution in [3.63, 3.8) is 0 Å². The van der Waals surface area contributed by atoms with Crippen molar-refractivity contribution in [3.8, 4) is 0 Å². The van der Waals surface area contributed by atoms with Gasteiger partial charge in [0, 0.05) is 6.92 Å². The third kappa shape index (κ3) is 11500. The van der Waals surface area contributed by atoms with Crippen molar-refractivity contribution >= 4 is 5.97 Å². The zero-order valence-corrected chi connectivity index (χ0v) is 3.66. The Bertz CT molecular complexity index is 30.6. The first kappa shape index (κ1) is 8.88. The van der Waals surface area contributed by atoms with Crippen LogP contribution in [0, 0.1) is 0 Å². The molecule has 0 aliphatic rings. The molecule has 0 aromatic heterocycles. The molecule has 0 saturated carbocycles. The number of hydrogen-bond donors (Lipinski definition) is 1. The van der Waals surface area contributed by atoms with E-state index < -0.39 is 5.97 Å². The smallest absolute Gasteiger partial charge is 0.481 e. The molecule has 0 aromatic rings. The molecular weight excluding hydrogens is 115 g/mol. The second-order valence-corrected chi connectivity index (χ2v) is 0.519. The minimum absolute atomic E-state index is 0. The molecule has 0 bridgehead atoms. The molecular formula is C2H4NiO2+2. The van der Waals surface area contributed by atoms with Crippen LogP contribution in [0.25, 0.3) is 0 Å². The van der Waals surface area contributed by atoms with Crippen LogP contribution < -0.4 is 0 Å². The summed E-state index contributed by atoms with van der Waals surface area (Å²) in [7, 11) is 0. The molecule has 0 aliphatic carbocycles. The number of aliphatic carboxylic acids is 1. The number of rotatable bonds is 0. The number of carbonyl (C=O) groups is 1. The predicted molar refractivity (Wildman–Crippen MR) is 13.3 cm³/mol. The number of carboxylic acid groups (broad SMARTS) is 1. The molecule has 0 heterocycles. The van der Waals surface area contributed by atoms with E-state index in [0.29, 0.717) is 0 Å². The minimum Gasteiger partial charge on any atom is -0.481 e. The van der Waals surface area contributed by atoms with E-state index in [-0.39, 0.29) is 16.5 Å². The first-order chi connectivity index (χ1) is 1.73. The Morgan fingerprint density at radius 3 is 1.80 bits per heavy atom. The fourth-order valence-corrected chi connectivity index (χ4v) is 0. The van der Waals surface area contributed by atoms with Crippen LogP contribution in [0.15, 0.2) is 0 Å². The van der Waals surface area contributed by atoms with Gasteiger partial charge < -0.3 is 5.11 Å². The Labute approximate surface area is 40.1 Å². The fraction of sp³-hybridized carbons (Fsp3) is 0.500. The predicted octanol–water partition coefficient (Wildman–Crippen LogP) is 0.0884. The monoisotopic (exact) mass is 118 g/mol. The Kier molecular flexibility index (Phi) is 7.04. The molecule has 0 fully saturated rings. The maximum Gasteiger partial charge on any atom is 2.00 e. The van der Waals surface area contributed by atoms with Gasteiger partial charge in [0.1, 0.15) is 0 Å². The molecule has 0 spiro atoms. The Morgan fingerprint density at radius 1 is 1.80 bits per heavy atom. The molecule has 5 heavy (non-hydrogen) atoms. The molecule has 0 aliphatic heterocycles. The molecule has 0 amide bonds. The molecule has 2 nitrogen and oxygen atoms in total. The fourth-order valence-electron chi connectivity index (χ4n) is 0. The van der Waals surface area contributed by atoms with Gasteiger partial charge >= 0.3 is 16.5 Å². The maximum atomic E-state index is 9.00. The van der Waals surface area contributed by atoms with Crippen LogP contribution in [-0.2, 0) is 21.3 Å². The van der Waals surface area contributed by atoms with Crippen LogP contribution in [0.5, 0.6) is 0 Å². The molecule has 3 heteroatoms. The van der Waals surface area contributed by atoms with Crippen LogP contribution in [0.2, 0.25) is 0 Å². The zero-order chi connectivity index (χ0) is 3.58. The van der Waals surface area contributed by atoms with E-state index >= 15 is 0 Å². The van der Waals surface area contributed by atoms with Gasteiger partial charge in [-0.1, -0.05) is 0 Å². The molecule has 0 atom stereocenters. The topological polar surface area (TPSA) is 37.3 Å². The normalized spacial score (nSPS) is 5.00. The summed E-state index contributed by atoms with van der Waals surface area (Å²) in [6.45, 7) is 1.08. The summed E-state index contributed by atoms with van der Waals surface area (Å²) in [4.78, 5) is 9.00. The van der Waals surface area contributed by atoms with Crippen molar-refractivity contribution in [1.82, 2.24) is 0 Å². The quantitative estimate of drug-likeness (QED) is 0.458. The van der Waals surface area contributed by atoms with E-state index in [9.17, 15) is 0 Å². The van der Waals surface area contributed by atoms with Crippen LogP contribution in [0.3, 0.4) is 0 Å². The summed E-state index contributed by atoms with van der Waals surface area (Å²) in [5.41, 5.74) is 0. The van der Waals surface area contributed by atoms with Gasteiger partial charge in [0.15, 0.2) is 0 Å². The third-order valence-electron chi connectivity index (χ3n) is 0. The van der Waals surface area contributed by atoms with Gasteiger partial charge in [0.05, 0.1) is 0 Å². The average Bonchev–Trinajstić information content (AvgIpc) is 0.811. The zero-order valence-electron chi connectivity index (χ0n) is 2.67. The Hall–Kier alpha value is -0.0365. The van der Waals surface area contributed by atoms with E-state index in [4.69, 9.17) is 9.90 Å². The molecule has 0 rings (SSSR count). The van der Waals surface area contributed by atoms with Gasteiger partial charge in [-0.05, 0) is 0 Å². The summed E-state index contributed by atoms with van der Waals surface area (Å²) in [5, 5.41) is 7.42. The first-order valence-electron chi connectivity index (χ1n) is 0.928. The largest absolute Gasteiger partial charge is 2.00 e. The summed E-state index contributed by atoms with van der Waals surface area (Å²) in [6.07, 6.45) is 0. The van der Waals surface area contributed by atoms with Crippen LogP contribution in [0.1, 0.15) is 6.92 Å². The molecule has 32 valence electrons. The third-order valence-corrected chi connectivity index (χ3v) is 0. The molecule has 0 aromatic carbocycles. The maximum absolute atomic E-state index is 9.00. The standard InChI is InChI=1S/C2H4O2.Ni/c1-2(3)4;/h1H3,(H,3,4);/q;+2. The molecule has 0 unspecified atom stereocenters. The van der Waals surface area contributed by atoms with Gasteiger partial charge in [0.2, 0.25) is 0 Å².